The molecule has 7 nitrogen and oxygen atoms in total. The highest BCUT2D eigenvalue weighted by Gasteiger charge is 2.30. The van der Waals surface area contributed by atoms with Gasteiger partial charge in [-0.3, -0.25) is 18.7 Å². The Hall–Kier alpha value is -2.57. The Kier molecular flexibility index (Phi) is 5.44. The largest absolute Gasteiger partial charge is 0.481 e. The van der Waals surface area contributed by atoms with Crippen molar-refractivity contribution in [2.24, 2.45) is 0 Å². The number of nitrogens with zero attached hydrogens (tertiary/aromatic N) is 3. The molecular formula is C19H25N3O4. The number of para-hydroxylation sites is 2. The quantitative estimate of drug-likeness (QED) is 0.820. The summed E-state index contributed by atoms with van der Waals surface area (Å²) in [6.45, 7) is 3.58. The van der Waals surface area contributed by atoms with Crippen LogP contribution in [0.3, 0.4) is 0 Å². The van der Waals surface area contributed by atoms with Gasteiger partial charge < -0.3 is 10.0 Å². The van der Waals surface area contributed by atoms with E-state index in [1.807, 2.05) is 31.2 Å². The van der Waals surface area contributed by atoms with Crippen molar-refractivity contribution in [3.8, 4) is 0 Å². The van der Waals surface area contributed by atoms with Crippen LogP contribution in [0.2, 0.25) is 0 Å². The molecule has 1 N–H and O–H groups in total. The molecule has 0 aliphatic carbocycles. The van der Waals surface area contributed by atoms with Crippen molar-refractivity contribution in [3.05, 3.63) is 34.7 Å². The highest BCUT2D eigenvalue weighted by Crippen LogP contribution is 2.21. The number of carboxylic acids is 1. The van der Waals surface area contributed by atoms with E-state index in [1.165, 1.54) is 0 Å². The predicted molar refractivity (Wildman–Crippen MR) is 98.1 cm³/mol. The van der Waals surface area contributed by atoms with Gasteiger partial charge in [0.25, 0.3) is 0 Å². The Labute approximate surface area is 151 Å². The lowest BCUT2D eigenvalue weighted by atomic mass is 10.1. The Morgan fingerprint density at radius 1 is 1.15 bits per heavy atom. The van der Waals surface area contributed by atoms with Crippen LogP contribution in [0.5, 0.6) is 0 Å². The molecule has 0 bridgehead atoms. The summed E-state index contributed by atoms with van der Waals surface area (Å²) in [5, 5.41) is 9.00. The van der Waals surface area contributed by atoms with E-state index in [9.17, 15) is 14.4 Å². The van der Waals surface area contributed by atoms with Crippen molar-refractivity contribution in [1.29, 1.82) is 0 Å². The topological polar surface area (TPSA) is 84.5 Å². The van der Waals surface area contributed by atoms with Crippen molar-refractivity contribution < 1.29 is 14.7 Å². The summed E-state index contributed by atoms with van der Waals surface area (Å²) < 4.78 is 3.41. The van der Waals surface area contributed by atoms with Crippen LogP contribution in [-0.2, 0) is 22.7 Å². The van der Waals surface area contributed by atoms with Gasteiger partial charge in [-0.25, -0.2) is 4.79 Å². The van der Waals surface area contributed by atoms with Crippen molar-refractivity contribution in [3.63, 3.8) is 0 Å². The number of amides is 1. The number of imidazole rings is 1. The lowest BCUT2D eigenvalue weighted by Crippen LogP contribution is -2.37. The molecule has 1 amide bonds. The maximum Gasteiger partial charge on any atom is 0.329 e. The number of aliphatic carboxylic acids is 1. The maximum atomic E-state index is 12.7. The van der Waals surface area contributed by atoms with Crippen LogP contribution in [-0.4, -0.2) is 43.6 Å². The Morgan fingerprint density at radius 2 is 1.81 bits per heavy atom. The van der Waals surface area contributed by atoms with Gasteiger partial charge in [0.05, 0.1) is 17.5 Å². The Bertz CT molecular complexity index is 867. The average molecular weight is 359 g/mol. The first-order valence-corrected chi connectivity index (χ1v) is 9.22. The van der Waals surface area contributed by atoms with Crippen molar-refractivity contribution in [2.75, 3.05) is 6.54 Å². The van der Waals surface area contributed by atoms with Crippen LogP contribution >= 0.6 is 0 Å². The molecule has 26 heavy (non-hydrogen) atoms. The standard InChI is InChI=1S/C19H25N3O4/c1-2-10-21-15-7-3-4-8-16(15)22(19(21)26)12-9-17(23)20-11-5-6-14(20)13-18(24)25/h3-4,7-8,14H,2,5-6,9-13H2,1H3,(H,24,25). The van der Waals surface area contributed by atoms with Gasteiger partial charge in [0.2, 0.25) is 5.91 Å². The van der Waals surface area contributed by atoms with Crippen LogP contribution in [0.1, 0.15) is 39.0 Å². The number of aryl methyl sites for hydroxylation is 2. The van der Waals surface area contributed by atoms with E-state index in [0.717, 1.165) is 30.3 Å². The molecule has 1 atom stereocenters. The first-order valence-electron chi connectivity index (χ1n) is 9.22. The lowest BCUT2D eigenvalue weighted by Gasteiger charge is -2.23. The highest BCUT2D eigenvalue weighted by atomic mass is 16.4. The Morgan fingerprint density at radius 3 is 2.42 bits per heavy atom. The molecule has 1 unspecified atom stereocenters. The minimum Gasteiger partial charge on any atom is -0.481 e. The second kappa shape index (κ2) is 7.76. The van der Waals surface area contributed by atoms with Crippen LogP contribution < -0.4 is 5.69 Å². The normalized spacial score (nSPS) is 17.1. The molecule has 140 valence electrons. The number of rotatable bonds is 7. The first kappa shape index (κ1) is 18.2. The molecule has 1 aromatic carbocycles. The van der Waals surface area contributed by atoms with Crippen LogP contribution in [0.4, 0.5) is 0 Å². The average Bonchev–Trinajstić information content (AvgIpc) is 3.17. The fraction of sp³-hybridized carbons (Fsp3) is 0.526. The molecule has 2 heterocycles. The van der Waals surface area contributed by atoms with Crippen molar-refractivity contribution in [2.45, 2.75) is 58.2 Å². The van der Waals surface area contributed by atoms with Gasteiger partial charge in [0.1, 0.15) is 0 Å². The third-order valence-corrected chi connectivity index (χ3v) is 5.03. The van der Waals surface area contributed by atoms with Gasteiger partial charge in [0.15, 0.2) is 0 Å². The van der Waals surface area contributed by atoms with E-state index >= 15 is 0 Å². The smallest absolute Gasteiger partial charge is 0.329 e. The maximum absolute atomic E-state index is 12.7. The molecule has 0 radical (unpaired) electrons. The zero-order chi connectivity index (χ0) is 18.7. The summed E-state index contributed by atoms with van der Waals surface area (Å²) >= 11 is 0. The summed E-state index contributed by atoms with van der Waals surface area (Å²) in [5.74, 6) is -0.957. The molecule has 0 saturated carbocycles. The van der Waals surface area contributed by atoms with E-state index in [4.69, 9.17) is 5.11 Å². The molecule has 1 fully saturated rings. The van der Waals surface area contributed by atoms with E-state index in [0.29, 0.717) is 19.6 Å². The van der Waals surface area contributed by atoms with Gasteiger partial charge in [-0.1, -0.05) is 19.1 Å². The molecule has 0 spiro atoms. The molecule has 1 saturated heterocycles. The third-order valence-electron chi connectivity index (χ3n) is 5.03. The zero-order valence-electron chi connectivity index (χ0n) is 15.1. The number of aromatic nitrogens is 2. The SMILES string of the molecule is CCCn1c(=O)n(CCC(=O)N2CCCC2CC(=O)O)c2ccccc21. The van der Waals surface area contributed by atoms with Crippen LogP contribution in [0.15, 0.2) is 29.1 Å². The van der Waals surface area contributed by atoms with Gasteiger partial charge in [-0.15, -0.1) is 0 Å². The number of hydrogen-bond acceptors (Lipinski definition) is 3. The lowest BCUT2D eigenvalue weighted by molar-refractivity contribution is -0.139. The number of carbonyl (C=O) groups excluding carboxylic acids is 1. The van der Waals surface area contributed by atoms with E-state index < -0.39 is 5.97 Å². The van der Waals surface area contributed by atoms with E-state index in [-0.39, 0.29) is 30.5 Å². The first-order chi connectivity index (χ1) is 12.5. The monoisotopic (exact) mass is 359 g/mol. The van der Waals surface area contributed by atoms with Crippen molar-refractivity contribution >= 4 is 22.9 Å². The summed E-state index contributed by atoms with van der Waals surface area (Å²) in [7, 11) is 0. The fourth-order valence-electron chi connectivity index (χ4n) is 3.86. The molecule has 3 rings (SSSR count). The molecule has 2 aromatic rings. The zero-order valence-corrected chi connectivity index (χ0v) is 15.1. The third kappa shape index (κ3) is 3.52. The summed E-state index contributed by atoms with van der Waals surface area (Å²) in [5.41, 5.74) is 1.63. The molecule has 1 aliphatic heterocycles. The van der Waals surface area contributed by atoms with Gasteiger partial charge in [-0.2, -0.15) is 0 Å². The molecule has 7 heteroatoms. The number of hydrogen-bond donors (Lipinski definition) is 1. The summed E-state index contributed by atoms with van der Waals surface area (Å²) in [4.78, 5) is 38.0. The van der Waals surface area contributed by atoms with Crippen LogP contribution in [0.25, 0.3) is 11.0 Å². The second-order valence-electron chi connectivity index (χ2n) is 6.81. The van der Waals surface area contributed by atoms with Gasteiger partial charge >= 0.3 is 11.7 Å². The fourth-order valence-corrected chi connectivity index (χ4v) is 3.86. The molecule has 1 aromatic heterocycles. The minimum atomic E-state index is -0.881. The summed E-state index contributed by atoms with van der Waals surface area (Å²) in [6, 6.07) is 7.40. The number of fused-ring (bicyclic) bond motifs is 1. The van der Waals surface area contributed by atoms with E-state index in [1.54, 1.807) is 14.0 Å². The second-order valence-corrected chi connectivity index (χ2v) is 6.81. The molecular weight excluding hydrogens is 334 g/mol. The Balaban J connectivity index is 1.77. The van der Waals surface area contributed by atoms with E-state index in [2.05, 4.69) is 0 Å². The minimum absolute atomic E-state index is 0.0124. The van der Waals surface area contributed by atoms with Gasteiger partial charge in [0, 0.05) is 32.1 Å². The highest BCUT2D eigenvalue weighted by molar-refractivity contribution is 5.79. The number of benzene rings is 1. The number of carbonyl (C=O) groups is 2. The van der Waals surface area contributed by atoms with Crippen LogP contribution in [0, 0.1) is 0 Å². The summed E-state index contributed by atoms with van der Waals surface area (Å²) in [6.07, 6.45) is 2.61. The number of likely N-dealkylation sites (tertiary alicyclic amines) is 1. The predicted octanol–water partition coefficient (Wildman–Crippen LogP) is 2.07. The molecule has 1 aliphatic rings. The van der Waals surface area contributed by atoms with Crippen molar-refractivity contribution in [1.82, 2.24) is 14.0 Å². The van der Waals surface area contributed by atoms with Gasteiger partial charge in [-0.05, 0) is 31.4 Å². The number of carboxylic acid groups (broad SMARTS) is 1.